The van der Waals surface area contributed by atoms with Crippen LogP contribution in [0.4, 0.5) is 26.3 Å². The van der Waals surface area contributed by atoms with E-state index in [0.717, 1.165) is 0 Å². The SMILES string of the molecule is Cc1c(F)c(F)c(F)c(C(=O)Cl)c1C(F)(F)F. The van der Waals surface area contributed by atoms with E-state index >= 15 is 0 Å². The Morgan fingerprint density at radius 2 is 1.53 bits per heavy atom. The highest BCUT2D eigenvalue weighted by Crippen LogP contribution is 2.38. The van der Waals surface area contributed by atoms with Gasteiger partial charge in [-0.25, -0.2) is 13.2 Å². The van der Waals surface area contributed by atoms with Gasteiger partial charge in [0.2, 0.25) is 0 Å². The van der Waals surface area contributed by atoms with Gasteiger partial charge in [-0.1, -0.05) is 0 Å². The van der Waals surface area contributed by atoms with Crippen LogP contribution in [-0.4, -0.2) is 5.24 Å². The van der Waals surface area contributed by atoms with Crippen molar-refractivity contribution in [2.45, 2.75) is 13.1 Å². The molecular formula is C9H3ClF6O. The topological polar surface area (TPSA) is 17.1 Å². The van der Waals surface area contributed by atoms with Gasteiger partial charge in [0.15, 0.2) is 17.5 Å². The highest BCUT2D eigenvalue weighted by atomic mass is 35.5. The van der Waals surface area contributed by atoms with Crippen molar-refractivity contribution >= 4 is 16.8 Å². The summed E-state index contributed by atoms with van der Waals surface area (Å²) in [4.78, 5) is 10.7. The molecule has 0 radical (unpaired) electrons. The molecule has 0 atom stereocenters. The molecule has 17 heavy (non-hydrogen) atoms. The summed E-state index contributed by atoms with van der Waals surface area (Å²) in [5.41, 5.74) is -4.84. The van der Waals surface area contributed by atoms with Gasteiger partial charge in [-0.05, 0) is 18.5 Å². The van der Waals surface area contributed by atoms with Crippen LogP contribution in [-0.2, 0) is 6.18 Å². The van der Waals surface area contributed by atoms with Crippen LogP contribution >= 0.6 is 11.6 Å². The number of rotatable bonds is 1. The fourth-order valence-corrected chi connectivity index (χ4v) is 1.49. The maximum absolute atomic E-state index is 13.1. The molecule has 0 N–H and O–H groups in total. The third kappa shape index (κ3) is 2.24. The molecule has 0 bridgehead atoms. The predicted molar refractivity (Wildman–Crippen MR) is 46.2 cm³/mol. The minimum absolute atomic E-state index is 0.573. The van der Waals surface area contributed by atoms with E-state index in [0.29, 0.717) is 6.92 Å². The molecule has 0 spiro atoms. The van der Waals surface area contributed by atoms with Gasteiger partial charge in [-0.2, -0.15) is 13.2 Å². The molecule has 94 valence electrons. The molecule has 8 heteroatoms. The first kappa shape index (κ1) is 13.8. The minimum Gasteiger partial charge on any atom is -0.275 e. The first-order valence-electron chi connectivity index (χ1n) is 4.03. The van der Waals surface area contributed by atoms with Crippen LogP contribution in [0.25, 0.3) is 0 Å². The van der Waals surface area contributed by atoms with Gasteiger partial charge in [0, 0.05) is 5.56 Å². The summed E-state index contributed by atoms with van der Waals surface area (Å²) < 4.78 is 76.4. The van der Waals surface area contributed by atoms with Crippen molar-refractivity contribution in [3.63, 3.8) is 0 Å². The van der Waals surface area contributed by atoms with Crippen LogP contribution in [0.1, 0.15) is 21.5 Å². The molecular weight excluding hydrogens is 274 g/mol. The lowest BCUT2D eigenvalue weighted by Crippen LogP contribution is -2.18. The van der Waals surface area contributed by atoms with Crippen molar-refractivity contribution in [1.29, 1.82) is 0 Å². The van der Waals surface area contributed by atoms with E-state index < -0.39 is 45.6 Å². The Balaban J connectivity index is 3.86. The van der Waals surface area contributed by atoms with E-state index in [-0.39, 0.29) is 0 Å². The number of carbonyl (C=O) groups is 1. The number of halogens is 7. The summed E-state index contributed by atoms with van der Waals surface area (Å²) in [5.74, 6) is -6.42. The molecule has 1 rings (SSSR count). The molecule has 1 aromatic rings. The van der Waals surface area contributed by atoms with Gasteiger partial charge in [-0.15, -0.1) is 0 Å². The van der Waals surface area contributed by atoms with Gasteiger partial charge in [0.05, 0.1) is 11.1 Å². The average molecular weight is 277 g/mol. The molecule has 0 heterocycles. The first-order chi connectivity index (χ1) is 7.59. The number of hydrogen-bond donors (Lipinski definition) is 0. The molecule has 1 aromatic carbocycles. The first-order valence-corrected chi connectivity index (χ1v) is 4.40. The Kier molecular flexibility index (Phi) is 3.42. The van der Waals surface area contributed by atoms with E-state index in [1.165, 1.54) is 0 Å². The Labute approximate surface area is 96.0 Å². The Morgan fingerprint density at radius 1 is 1.06 bits per heavy atom. The summed E-state index contributed by atoms with van der Waals surface area (Å²) in [6.45, 7) is 0.573. The van der Waals surface area contributed by atoms with E-state index in [1.807, 2.05) is 0 Å². The summed E-state index contributed by atoms with van der Waals surface area (Å²) in [5, 5.41) is -1.85. The van der Waals surface area contributed by atoms with Gasteiger partial charge >= 0.3 is 6.18 Å². The minimum atomic E-state index is -5.22. The molecule has 0 aliphatic heterocycles. The fourth-order valence-electron chi connectivity index (χ4n) is 1.32. The van der Waals surface area contributed by atoms with Gasteiger partial charge in [0.1, 0.15) is 0 Å². The second-order valence-corrected chi connectivity index (χ2v) is 3.43. The second kappa shape index (κ2) is 4.21. The highest BCUT2D eigenvalue weighted by Gasteiger charge is 2.41. The zero-order chi connectivity index (χ0) is 13.5. The third-order valence-electron chi connectivity index (χ3n) is 2.04. The molecule has 0 fully saturated rings. The van der Waals surface area contributed by atoms with E-state index in [9.17, 15) is 31.1 Å². The predicted octanol–water partition coefficient (Wildman–Crippen LogP) is 3.81. The van der Waals surface area contributed by atoms with Gasteiger partial charge in [0.25, 0.3) is 5.24 Å². The quantitative estimate of drug-likeness (QED) is 0.433. The summed E-state index contributed by atoms with van der Waals surface area (Å²) in [6.07, 6.45) is -5.22. The van der Waals surface area contributed by atoms with Crippen molar-refractivity contribution in [3.05, 3.63) is 34.1 Å². The molecule has 0 saturated heterocycles. The maximum Gasteiger partial charge on any atom is 0.417 e. The number of benzene rings is 1. The lowest BCUT2D eigenvalue weighted by Gasteiger charge is -2.15. The summed E-state index contributed by atoms with van der Waals surface area (Å²) in [7, 11) is 0. The summed E-state index contributed by atoms with van der Waals surface area (Å²) >= 11 is 4.75. The van der Waals surface area contributed by atoms with Crippen molar-refractivity contribution in [3.8, 4) is 0 Å². The van der Waals surface area contributed by atoms with E-state index in [2.05, 4.69) is 0 Å². The molecule has 0 amide bonds. The van der Waals surface area contributed by atoms with E-state index in [1.54, 1.807) is 0 Å². The molecule has 0 aliphatic rings. The van der Waals surface area contributed by atoms with Crippen molar-refractivity contribution in [1.82, 2.24) is 0 Å². The lowest BCUT2D eigenvalue weighted by molar-refractivity contribution is -0.138. The normalized spacial score (nSPS) is 11.8. The van der Waals surface area contributed by atoms with Gasteiger partial charge < -0.3 is 0 Å². The lowest BCUT2D eigenvalue weighted by atomic mass is 10.0. The number of hydrogen-bond acceptors (Lipinski definition) is 1. The van der Waals surface area contributed by atoms with E-state index in [4.69, 9.17) is 11.6 Å². The smallest absolute Gasteiger partial charge is 0.275 e. The van der Waals surface area contributed by atoms with Crippen LogP contribution in [0, 0.1) is 24.4 Å². The number of alkyl halides is 3. The molecule has 0 aliphatic carbocycles. The highest BCUT2D eigenvalue weighted by molar-refractivity contribution is 6.68. The third-order valence-corrected chi connectivity index (χ3v) is 2.23. The van der Waals surface area contributed by atoms with Crippen LogP contribution in [0.5, 0.6) is 0 Å². The Bertz CT molecular complexity index is 493. The van der Waals surface area contributed by atoms with Crippen LogP contribution in [0.3, 0.4) is 0 Å². The van der Waals surface area contributed by atoms with Crippen LogP contribution in [0.2, 0.25) is 0 Å². The Morgan fingerprint density at radius 3 is 1.88 bits per heavy atom. The maximum atomic E-state index is 13.1. The van der Waals surface area contributed by atoms with Gasteiger partial charge in [-0.3, -0.25) is 4.79 Å². The van der Waals surface area contributed by atoms with Crippen LogP contribution < -0.4 is 0 Å². The Hall–Kier alpha value is -1.24. The average Bonchev–Trinajstić information content (AvgIpc) is 2.17. The number of carbonyl (C=O) groups excluding carboxylic acids is 1. The van der Waals surface area contributed by atoms with Crippen LogP contribution in [0.15, 0.2) is 0 Å². The molecule has 0 aromatic heterocycles. The zero-order valence-electron chi connectivity index (χ0n) is 8.05. The standard InChI is InChI=1S/C9H3ClF6O/c1-2-4(9(14,15)16)3(8(10)17)6(12)7(13)5(2)11/h1H3. The summed E-state index contributed by atoms with van der Waals surface area (Å²) in [6, 6.07) is 0. The monoisotopic (exact) mass is 276 g/mol. The largest absolute Gasteiger partial charge is 0.417 e. The second-order valence-electron chi connectivity index (χ2n) is 3.09. The van der Waals surface area contributed by atoms with Crippen molar-refractivity contribution in [2.24, 2.45) is 0 Å². The molecule has 0 saturated carbocycles. The zero-order valence-corrected chi connectivity index (χ0v) is 8.81. The fraction of sp³-hybridized carbons (Fsp3) is 0.222. The molecule has 1 nitrogen and oxygen atoms in total. The van der Waals surface area contributed by atoms with Crippen molar-refractivity contribution in [2.75, 3.05) is 0 Å². The molecule has 0 unspecified atom stereocenters. The van der Waals surface area contributed by atoms with Crippen molar-refractivity contribution < 1.29 is 31.1 Å².